The lowest BCUT2D eigenvalue weighted by molar-refractivity contribution is 0.466. The molecular formula is C16H23BrN4. The maximum absolute atomic E-state index is 4.10. The summed E-state index contributed by atoms with van der Waals surface area (Å²) in [4.78, 5) is 0. The molecule has 1 aromatic carbocycles. The maximum Gasteiger partial charge on any atom is 0.153 e. The van der Waals surface area contributed by atoms with Crippen LogP contribution in [0.3, 0.4) is 0 Å². The minimum atomic E-state index is 0.264. The van der Waals surface area contributed by atoms with Gasteiger partial charge in [0.2, 0.25) is 0 Å². The Hall–Kier alpha value is -1.20. The maximum atomic E-state index is 4.10. The number of halogens is 1. The van der Waals surface area contributed by atoms with Crippen LogP contribution in [-0.2, 0) is 13.5 Å². The van der Waals surface area contributed by atoms with Crippen LogP contribution in [0.5, 0.6) is 0 Å². The molecule has 4 nitrogen and oxygen atoms in total. The van der Waals surface area contributed by atoms with Gasteiger partial charge in [-0.1, -0.05) is 42.0 Å². The standard InChI is InChI=1S/C16H23BrN4/c1-4-10-18-14(15-16(17)19-20-21(15)3)9-8-13-7-5-6-12(2)11-13/h5-7,11,14,18H,4,8-10H2,1-3H3. The molecule has 0 aliphatic heterocycles. The highest BCUT2D eigenvalue weighted by Gasteiger charge is 2.19. The Morgan fingerprint density at radius 3 is 2.81 bits per heavy atom. The average Bonchev–Trinajstić information content (AvgIpc) is 2.79. The van der Waals surface area contributed by atoms with Crippen LogP contribution in [-0.4, -0.2) is 21.5 Å². The third kappa shape index (κ3) is 4.38. The zero-order valence-electron chi connectivity index (χ0n) is 12.9. The number of benzene rings is 1. The van der Waals surface area contributed by atoms with Gasteiger partial charge in [-0.05, 0) is 54.2 Å². The van der Waals surface area contributed by atoms with Crippen LogP contribution in [0.2, 0.25) is 0 Å². The molecule has 0 spiro atoms. The van der Waals surface area contributed by atoms with Crippen molar-refractivity contribution < 1.29 is 0 Å². The molecule has 2 aromatic rings. The summed E-state index contributed by atoms with van der Waals surface area (Å²) in [5.74, 6) is 0. The van der Waals surface area contributed by atoms with Gasteiger partial charge < -0.3 is 5.32 Å². The van der Waals surface area contributed by atoms with E-state index in [9.17, 15) is 0 Å². The highest BCUT2D eigenvalue weighted by molar-refractivity contribution is 9.10. The molecule has 2 rings (SSSR count). The number of nitrogens with one attached hydrogen (secondary N) is 1. The van der Waals surface area contributed by atoms with Crippen LogP contribution >= 0.6 is 15.9 Å². The van der Waals surface area contributed by atoms with Crippen molar-refractivity contribution in [3.8, 4) is 0 Å². The van der Waals surface area contributed by atoms with E-state index in [1.807, 2.05) is 11.7 Å². The Kier molecular flexibility index (Phi) is 5.94. The summed E-state index contributed by atoms with van der Waals surface area (Å²) >= 11 is 3.51. The minimum absolute atomic E-state index is 0.264. The SMILES string of the molecule is CCCNC(CCc1cccc(C)c1)c1c(Br)nnn1C. The van der Waals surface area contributed by atoms with Crippen molar-refractivity contribution in [2.24, 2.45) is 7.05 Å². The molecule has 1 unspecified atom stereocenters. The lowest BCUT2D eigenvalue weighted by Gasteiger charge is -2.19. The largest absolute Gasteiger partial charge is 0.309 e. The van der Waals surface area contributed by atoms with Gasteiger partial charge in [-0.3, -0.25) is 0 Å². The number of aryl methyl sites for hydroxylation is 3. The molecule has 0 radical (unpaired) electrons. The summed E-state index contributed by atoms with van der Waals surface area (Å²) < 4.78 is 2.69. The van der Waals surface area contributed by atoms with E-state index in [0.29, 0.717) is 0 Å². The molecule has 0 saturated heterocycles. The zero-order valence-corrected chi connectivity index (χ0v) is 14.5. The van der Waals surface area contributed by atoms with Crippen LogP contribution in [0, 0.1) is 6.92 Å². The summed E-state index contributed by atoms with van der Waals surface area (Å²) in [6, 6.07) is 8.98. The van der Waals surface area contributed by atoms with Gasteiger partial charge >= 0.3 is 0 Å². The van der Waals surface area contributed by atoms with Crippen molar-refractivity contribution in [2.75, 3.05) is 6.54 Å². The molecule has 1 aromatic heterocycles. The fourth-order valence-corrected chi connectivity index (χ4v) is 3.15. The van der Waals surface area contributed by atoms with Crippen LogP contribution in [0.15, 0.2) is 28.9 Å². The fraction of sp³-hybridized carbons (Fsp3) is 0.500. The minimum Gasteiger partial charge on any atom is -0.309 e. The predicted octanol–water partition coefficient (Wildman–Crippen LogP) is 3.56. The van der Waals surface area contributed by atoms with Gasteiger partial charge in [0, 0.05) is 7.05 Å². The summed E-state index contributed by atoms with van der Waals surface area (Å²) in [7, 11) is 1.94. The molecule has 0 aliphatic carbocycles. The van der Waals surface area contributed by atoms with Crippen LogP contribution < -0.4 is 5.32 Å². The first kappa shape index (κ1) is 16.2. The molecule has 21 heavy (non-hydrogen) atoms. The summed E-state index contributed by atoms with van der Waals surface area (Å²) in [6.07, 6.45) is 3.19. The number of rotatable bonds is 7. The number of hydrogen-bond acceptors (Lipinski definition) is 3. The van der Waals surface area contributed by atoms with Crippen LogP contribution in [0.25, 0.3) is 0 Å². The van der Waals surface area contributed by atoms with Crippen LogP contribution in [0.1, 0.15) is 42.6 Å². The van der Waals surface area contributed by atoms with Crippen molar-refractivity contribution in [1.82, 2.24) is 20.3 Å². The van der Waals surface area contributed by atoms with E-state index >= 15 is 0 Å². The average molecular weight is 351 g/mol. The van der Waals surface area contributed by atoms with E-state index in [4.69, 9.17) is 0 Å². The first-order valence-electron chi connectivity index (χ1n) is 7.45. The Morgan fingerprint density at radius 1 is 1.38 bits per heavy atom. The monoisotopic (exact) mass is 350 g/mol. The number of aromatic nitrogens is 3. The summed E-state index contributed by atoms with van der Waals surface area (Å²) in [5.41, 5.74) is 3.81. The Labute approximate surface area is 135 Å². The summed E-state index contributed by atoms with van der Waals surface area (Å²) in [5, 5.41) is 11.8. The quantitative estimate of drug-likeness (QED) is 0.829. The van der Waals surface area contributed by atoms with E-state index in [1.54, 1.807) is 0 Å². The molecule has 0 amide bonds. The fourth-order valence-electron chi connectivity index (χ4n) is 2.54. The summed E-state index contributed by atoms with van der Waals surface area (Å²) in [6.45, 7) is 5.31. The number of hydrogen-bond donors (Lipinski definition) is 1. The first-order chi connectivity index (χ1) is 10.1. The second-order valence-electron chi connectivity index (χ2n) is 5.42. The lowest BCUT2D eigenvalue weighted by Crippen LogP contribution is -2.25. The second-order valence-corrected chi connectivity index (χ2v) is 6.17. The lowest BCUT2D eigenvalue weighted by atomic mass is 10.0. The molecule has 1 N–H and O–H groups in total. The van der Waals surface area contributed by atoms with E-state index in [2.05, 4.69) is 69.7 Å². The highest BCUT2D eigenvalue weighted by atomic mass is 79.9. The molecule has 0 saturated carbocycles. The molecule has 0 aliphatic rings. The molecule has 1 heterocycles. The second kappa shape index (κ2) is 7.71. The van der Waals surface area contributed by atoms with E-state index in [1.165, 1.54) is 11.1 Å². The third-order valence-corrected chi connectivity index (χ3v) is 4.17. The van der Waals surface area contributed by atoms with Gasteiger partial charge in [0.05, 0.1) is 11.7 Å². The van der Waals surface area contributed by atoms with Gasteiger partial charge in [-0.15, -0.1) is 5.10 Å². The molecule has 114 valence electrons. The van der Waals surface area contributed by atoms with Gasteiger partial charge in [0.15, 0.2) is 4.60 Å². The van der Waals surface area contributed by atoms with Crippen molar-refractivity contribution >= 4 is 15.9 Å². The smallest absolute Gasteiger partial charge is 0.153 e. The molecule has 0 bridgehead atoms. The van der Waals surface area contributed by atoms with Crippen LogP contribution in [0.4, 0.5) is 0 Å². The Balaban J connectivity index is 2.10. The third-order valence-electron chi connectivity index (χ3n) is 3.60. The van der Waals surface area contributed by atoms with E-state index in [-0.39, 0.29) is 6.04 Å². The Bertz CT molecular complexity index is 560. The molecular weight excluding hydrogens is 328 g/mol. The predicted molar refractivity (Wildman–Crippen MR) is 89.2 cm³/mol. The van der Waals surface area contributed by atoms with Gasteiger partial charge in [-0.25, -0.2) is 4.68 Å². The van der Waals surface area contributed by atoms with Crippen molar-refractivity contribution in [3.05, 3.63) is 45.7 Å². The molecule has 0 fully saturated rings. The van der Waals surface area contributed by atoms with Gasteiger partial charge in [0.1, 0.15) is 0 Å². The molecule has 1 atom stereocenters. The highest BCUT2D eigenvalue weighted by Crippen LogP contribution is 2.24. The van der Waals surface area contributed by atoms with Crippen molar-refractivity contribution in [2.45, 2.75) is 39.2 Å². The van der Waals surface area contributed by atoms with Gasteiger partial charge in [-0.2, -0.15) is 0 Å². The number of nitrogens with zero attached hydrogens (tertiary/aromatic N) is 3. The van der Waals surface area contributed by atoms with Crippen molar-refractivity contribution in [3.63, 3.8) is 0 Å². The Morgan fingerprint density at radius 2 is 2.19 bits per heavy atom. The molecule has 5 heteroatoms. The first-order valence-corrected chi connectivity index (χ1v) is 8.25. The van der Waals surface area contributed by atoms with E-state index in [0.717, 1.165) is 36.1 Å². The van der Waals surface area contributed by atoms with E-state index < -0.39 is 0 Å². The van der Waals surface area contributed by atoms with Gasteiger partial charge in [0.25, 0.3) is 0 Å². The zero-order chi connectivity index (χ0) is 15.2. The topological polar surface area (TPSA) is 42.7 Å². The van der Waals surface area contributed by atoms with Crippen molar-refractivity contribution in [1.29, 1.82) is 0 Å². The normalized spacial score (nSPS) is 12.6.